The summed E-state index contributed by atoms with van der Waals surface area (Å²) in [6, 6.07) is 3.75. The number of benzene rings is 1. The van der Waals surface area contributed by atoms with Gasteiger partial charge in [0.15, 0.2) is 11.5 Å². The molecule has 0 atom stereocenters. The zero-order valence-corrected chi connectivity index (χ0v) is 10.4. The van der Waals surface area contributed by atoms with E-state index >= 15 is 0 Å². The van der Waals surface area contributed by atoms with Gasteiger partial charge in [-0.25, -0.2) is 0 Å². The van der Waals surface area contributed by atoms with Gasteiger partial charge < -0.3 is 19.9 Å². The maximum atomic E-state index is 5.53. The van der Waals surface area contributed by atoms with Gasteiger partial charge in [0.25, 0.3) is 0 Å². The molecule has 2 N–H and O–H groups in total. The Kier molecular flexibility index (Phi) is 5.18. The first kappa shape index (κ1) is 13.2. The largest absolute Gasteiger partial charge is 0.493 e. The fourth-order valence-corrected chi connectivity index (χ4v) is 1.45. The molecular weight excluding hydrogens is 218 g/mol. The maximum Gasteiger partial charge on any atom is 0.223 e. The van der Waals surface area contributed by atoms with E-state index in [1.165, 1.54) is 0 Å². The van der Waals surface area contributed by atoms with Crippen LogP contribution in [-0.4, -0.2) is 20.8 Å². The lowest BCUT2D eigenvalue weighted by molar-refractivity contribution is 0.353. The molecule has 0 heterocycles. The molecule has 0 aromatic heterocycles. The van der Waals surface area contributed by atoms with Gasteiger partial charge in [-0.1, -0.05) is 5.92 Å². The van der Waals surface area contributed by atoms with Gasteiger partial charge in [0.05, 0.1) is 14.2 Å². The Morgan fingerprint density at radius 2 is 1.76 bits per heavy atom. The van der Waals surface area contributed by atoms with Crippen LogP contribution in [0.1, 0.15) is 12.5 Å². The molecule has 4 heteroatoms. The summed E-state index contributed by atoms with van der Waals surface area (Å²) >= 11 is 0. The van der Waals surface area contributed by atoms with E-state index in [0.717, 1.165) is 12.0 Å². The summed E-state index contributed by atoms with van der Waals surface area (Å²) in [7, 11) is 3.15. The molecule has 0 fully saturated rings. The number of hydrogen-bond donors (Lipinski definition) is 1. The van der Waals surface area contributed by atoms with Crippen LogP contribution in [0.4, 0.5) is 0 Å². The van der Waals surface area contributed by atoms with Crippen LogP contribution in [0, 0.1) is 12.0 Å². The number of methoxy groups -OCH3 is 2. The Labute approximate surface area is 102 Å². The van der Waals surface area contributed by atoms with Gasteiger partial charge >= 0.3 is 0 Å². The second-order valence-electron chi connectivity index (χ2n) is 3.32. The van der Waals surface area contributed by atoms with Crippen molar-refractivity contribution in [3.63, 3.8) is 0 Å². The number of hydrogen-bond acceptors (Lipinski definition) is 4. The first-order valence-electron chi connectivity index (χ1n) is 5.30. The van der Waals surface area contributed by atoms with Crippen LogP contribution in [0.15, 0.2) is 12.1 Å². The smallest absolute Gasteiger partial charge is 0.223 e. The van der Waals surface area contributed by atoms with Crippen molar-refractivity contribution in [2.45, 2.75) is 13.3 Å². The number of rotatable bonds is 5. The molecule has 0 bridgehead atoms. The van der Waals surface area contributed by atoms with Gasteiger partial charge in [0.2, 0.25) is 5.75 Å². The van der Waals surface area contributed by atoms with Gasteiger partial charge in [0, 0.05) is 6.92 Å². The maximum absolute atomic E-state index is 5.53. The molecule has 0 aliphatic carbocycles. The highest BCUT2D eigenvalue weighted by atomic mass is 16.5. The summed E-state index contributed by atoms with van der Waals surface area (Å²) in [6.07, 6.45) is 3.29. The van der Waals surface area contributed by atoms with Crippen LogP contribution in [0.5, 0.6) is 17.2 Å². The normalized spacial score (nSPS) is 9.18. The monoisotopic (exact) mass is 235 g/mol. The highest BCUT2D eigenvalue weighted by molar-refractivity contribution is 5.54. The van der Waals surface area contributed by atoms with E-state index in [9.17, 15) is 0 Å². The second-order valence-corrected chi connectivity index (χ2v) is 3.32. The standard InChI is InChI=1S/C13H17NO3/c1-4-7-17-13-11(15-2)8-10(5-6-14)9-12(13)16-3/h8-9H,5-6,14H2,1-3H3. The highest BCUT2D eigenvalue weighted by Crippen LogP contribution is 2.38. The zero-order valence-electron chi connectivity index (χ0n) is 10.4. The molecule has 0 spiro atoms. The molecule has 1 rings (SSSR count). The molecule has 1 aromatic rings. The predicted molar refractivity (Wildman–Crippen MR) is 66.4 cm³/mol. The summed E-state index contributed by atoms with van der Waals surface area (Å²) in [5.41, 5.74) is 6.57. The van der Waals surface area contributed by atoms with Gasteiger partial charge in [-0.05, 0) is 30.7 Å². The van der Waals surface area contributed by atoms with Gasteiger partial charge in [-0.2, -0.15) is 0 Å². The van der Waals surface area contributed by atoms with E-state index in [2.05, 4.69) is 12.0 Å². The van der Waals surface area contributed by atoms with Crippen molar-refractivity contribution in [3.05, 3.63) is 17.7 Å². The average Bonchev–Trinajstić information content (AvgIpc) is 2.36. The summed E-state index contributed by atoms with van der Waals surface area (Å²) in [5.74, 6) is 4.33. The van der Waals surface area contributed by atoms with E-state index in [4.69, 9.17) is 19.9 Å². The Balaban J connectivity index is 3.18. The highest BCUT2D eigenvalue weighted by Gasteiger charge is 2.13. The van der Waals surface area contributed by atoms with Crippen LogP contribution in [0.2, 0.25) is 0 Å². The van der Waals surface area contributed by atoms with Crippen molar-refractivity contribution < 1.29 is 14.2 Å². The lowest BCUT2D eigenvalue weighted by atomic mass is 10.1. The minimum Gasteiger partial charge on any atom is -0.493 e. The lowest BCUT2D eigenvalue weighted by Crippen LogP contribution is -2.04. The van der Waals surface area contributed by atoms with Crippen molar-refractivity contribution in [2.24, 2.45) is 5.73 Å². The Bertz CT molecular complexity index is 407. The van der Waals surface area contributed by atoms with E-state index in [1.54, 1.807) is 21.1 Å². The molecule has 0 aliphatic rings. The van der Waals surface area contributed by atoms with Crippen molar-refractivity contribution in [1.29, 1.82) is 0 Å². The van der Waals surface area contributed by atoms with Crippen molar-refractivity contribution in [2.75, 3.05) is 20.8 Å². The number of ether oxygens (including phenoxy) is 3. The molecular formula is C13H17NO3. The average molecular weight is 235 g/mol. The summed E-state index contributed by atoms with van der Waals surface area (Å²) in [4.78, 5) is 0. The third-order valence-electron chi connectivity index (χ3n) is 2.21. The van der Waals surface area contributed by atoms with Crippen molar-refractivity contribution >= 4 is 0 Å². The van der Waals surface area contributed by atoms with Crippen LogP contribution < -0.4 is 19.9 Å². The zero-order chi connectivity index (χ0) is 12.7. The third kappa shape index (κ3) is 3.30. The van der Waals surface area contributed by atoms with Crippen LogP contribution >= 0.6 is 0 Å². The molecule has 0 aliphatic heterocycles. The first-order valence-corrected chi connectivity index (χ1v) is 5.30. The Morgan fingerprint density at radius 1 is 1.18 bits per heavy atom. The fourth-order valence-electron chi connectivity index (χ4n) is 1.45. The third-order valence-corrected chi connectivity index (χ3v) is 2.21. The first-order chi connectivity index (χ1) is 8.26. The van der Waals surface area contributed by atoms with E-state index in [0.29, 0.717) is 23.8 Å². The quantitative estimate of drug-likeness (QED) is 0.787. The number of nitrogens with two attached hydrogens (primary N) is 1. The summed E-state index contributed by atoms with van der Waals surface area (Å²) in [5, 5.41) is 0. The van der Waals surface area contributed by atoms with E-state index < -0.39 is 0 Å². The predicted octanol–water partition coefficient (Wildman–Crippen LogP) is 1.56. The van der Waals surface area contributed by atoms with Gasteiger partial charge in [-0.3, -0.25) is 0 Å². The van der Waals surface area contributed by atoms with E-state index in [-0.39, 0.29) is 0 Å². The van der Waals surface area contributed by atoms with Crippen LogP contribution in [0.25, 0.3) is 0 Å². The minimum absolute atomic E-state index is 0.491. The molecule has 4 nitrogen and oxygen atoms in total. The molecule has 17 heavy (non-hydrogen) atoms. The molecule has 0 unspecified atom stereocenters. The Morgan fingerprint density at radius 3 is 2.18 bits per heavy atom. The van der Waals surface area contributed by atoms with Crippen molar-refractivity contribution in [3.8, 4) is 29.3 Å². The Hall–Kier alpha value is -1.86. The lowest BCUT2D eigenvalue weighted by Gasteiger charge is -2.12. The minimum atomic E-state index is 0.491. The molecule has 0 saturated carbocycles. The molecule has 92 valence electrons. The van der Waals surface area contributed by atoms with Gasteiger partial charge in [-0.15, -0.1) is 0 Å². The summed E-state index contributed by atoms with van der Waals surface area (Å²) in [6.45, 7) is 2.27. The van der Waals surface area contributed by atoms with Crippen LogP contribution in [0.3, 0.4) is 0 Å². The molecule has 0 amide bonds. The van der Waals surface area contributed by atoms with Crippen LogP contribution in [-0.2, 0) is 6.42 Å². The topological polar surface area (TPSA) is 53.7 Å². The molecule has 1 aromatic carbocycles. The second kappa shape index (κ2) is 6.66. The fraction of sp³-hybridized carbons (Fsp3) is 0.385. The van der Waals surface area contributed by atoms with E-state index in [1.807, 2.05) is 12.1 Å². The van der Waals surface area contributed by atoms with Crippen molar-refractivity contribution in [1.82, 2.24) is 0 Å². The summed E-state index contributed by atoms with van der Waals surface area (Å²) < 4.78 is 15.8. The molecule has 0 saturated heterocycles. The molecule has 0 radical (unpaired) electrons. The SMILES string of the molecule is CC#COc1c(OC)cc(CCN)cc1OC. The van der Waals surface area contributed by atoms with Gasteiger partial charge in [0.1, 0.15) is 6.11 Å².